The number of benzene rings is 1. The third kappa shape index (κ3) is 4.21. The van der Waals surface area contributed by atoms with Crippen LogP contribution in [-0.2, 0) is 9.53 Å². The monoisotopic (exact) mass is 281 g/mol. The average Bonchev–Trinajstić information content (AvgIpc) is 2.42. The molecule has 0 unspecified atom stereocenters. The van der Waals surface area contributed by atoms with Crippen LogP contribution >= 0.6 is 11.6 Å². The molecule has 1 rings (SSSR count). The molecule has 0 radical (unpaired) electrons. The first-order chi connectivity index (χ1) is 9.12. The molecule has 7 heteroatoms. The Labute approximate surface area is 115 Å². The van der Waals surface area contributed by atoms with E-state index in [4.69, 9.17) is 21.9 Å². The van der Waals surface area contributed by atoms with E-state index in [1.807, 2.05) is 0 Å². The molecule has 19 heavy (non-hydrogen) atoms. The van der Waals surface area contributed by atoms with E-state index in [2.05, 4.69) is 14.8 Å². The quantitative estimate of drug-likeness (QED) is 0.273. The van der Waals surface area contributed by atoms with Gasteiger partial charge in [-0.05, 0) is 29.8 Å². The molecule has 0 heterocycles. The van der Waals surface area contributed by atoms with E-state index in [9.17, 15) is 4.79 Å². The Balaban J connectivity index is 3.23. The number of carbonyl (C=O) groups is 1. The summed E-state index contributed by atoms with van der Waals surface area (Å²) in [7, 11) is 2.76. The number of nitrogens with zero attached hydrogens (tertiary/aromatic N) is 3. The highest BCUT2D eigenvalue weighted by Gasteiger charge is 2.10. The van der Waals surface area contributed by atoms with Crippen LogP contribution in [0.15, 0.2) is 28.9 Å². The Morgan fingerprint density at radius 1 is 1.53 bits per heavy atom. The molecule has 0 aliphatic rings. The predicted octanol–water partition coefficient (Wildman–Crippen LogP) is 3.22. The van der Waals surface area contributed by atoms with Crippen molar-refractivity contribution in [2.24, 2.45) is 5.11 Å². The fourth-order valence-electron chi connectivity index (χ4n) is 1.41. The van der Waals surface area contributed by atoms with Crippen LogP contribution in [0.5, 0.6) is 5.75 Å². The van der Waals surface area contributed by atoms with E-state index in [0.717, 1.165) is 0 Å². The van der Waals surface area contributed by atoms with Gasteiger partial charge in [-0.25, -0.2) is 4.79 Å². The van der Waals surface area contributed by atoms with Gasteiger partial charge in [-0.1, -0.05) is 16.7 Å². The summed E-state index contributed by atoms with van der Waals surface area (Å²) >= 11 is 5.89. The maximum absolute atomic E-state index is 11.6. The smallest absolute Gasteiger partial charge is 0.333 e. The molecule has 0 bridgehead atoms. The van der Waals surface area contributed by atoms with Gasteiger partial charge in [-0.3, -0.25) is 0 Å². The number of ether oxygens (including phenoxy) is 2. The summed E-state index contributed by atoms with van der Waals surface area (Å²) in [6, 6.07) is 4.99. The van der Waals surface area contributed by atoms with Gasteiger partial charge in [0.1, 0.15) is 5.75 Å². The van der Waals surface area contributed by atoms with Gasteiger partial charge in [-0.2, -0.15) is 0 Å². The number of hydrogen-bond acceptors (Lipinski definition) is 4. The third-order valence-corrected chi connectivity index (χ3v) is 2.51. The summed E-state index contributed by atoms with van der Waals surface area (Å²) < 4.78 is 9.78. The topological polar surface area (TPSA) is 84.3 Å². The molecule has 0 spiro atoms. The second-order valence-electron chi connectivity index (χ2n) is 3.44. The van der Waals surface area contributed by atoms with Crippen LogP contribution in [0.1, 0.15) is 5.56 Å². The van der Waals surface area contributed by atoms with E-state index in [-0.39, 0.29) is 12.1 Å². The molecule has 0 fully saturated rings. The van der Waals surface area contributed by atoms with Crippen LogP contribution in [0, 0.1) is 0 Å². The summed E-state index contributed by atoms with van der Waals surface area (Å²) in [6.07, 6.45) is 1.52. The van der Waals surface area contributed by atoms with Gasteiger partial charge in [0, 0.05) is 21.1 Å². The van der Waals surface area contributed by atoms with Crippen molar-refractivity contribution in [3.05, 3.63) is 44.8 Å². The molecule has 0 saturated carbocycles. The van der Waals surface area contributed by atoms with E-state index in [1.165, 1.54) is 20.3 Å². The van der Waals surface area contributed by atoms with Crippen molar-refractivity contribution >= 4 is 23.6 Å². The van der Waals surface area contributed by atoms with Crippen LogP contribution in [-0.4, -0.2) is 26.7 Å². The average molecular weight is 282 g/mol. The minimum atomic E-state index is -0.575. The number of rotatable bonds is 5. The maximum Gasteiger partial charge on any atom is 0.333 e. The van der Waals surface area contributed by atoms with Crippen molar-refractivity contribution in [3.63, 3.8) is 0 Å². The highest BCUT2D eigenvalue weighted by molar-refractivity contribution is 6.30. The van der Waals surface area contributed by atoms with Crippen molar-refractivity contribution in [3.8, 4) is 5.75 Å². The molecule has 100 valence electrons. The van der Waals surface area contributed by atoms with Crippen molar-refractivity contribution < 1.29 is 14.3 Å². The molecular formula is C12H12ClN3O3. The van der Waals surface area contributed by atoms with Gasteiger partial charge in [-0.15, -0.1) is 0 Å². The van der Waals surface area contributed by atoms with E-state index < -0.39 is 5.97 Å². The fourth-order valence-corrected chi connectivity index (χ4v) is 1.59. The Hall–Kier alpha value is -2.17. The van der Waals surface area contributed by atoms with Crippen LogP contribution < -0.4 is 4.74 Å². The molecular weight excluding hydrogens is 270 g/mol. The molecule has 0 amide bonds. The number of halogens is 1. The molecule has 0 aliphatic carbocycles. The van der Waals surface area contributed by atoms with Crippen LogP contribution in [0.25, 0.3) is 16.5 Å². The number of esters is 1. The second-order valence-corrected chi connectivity index (χ2v) is 3.87. The minimum Gasteiger partial charge on any atom is -0.496 e. The van der Waals surface area contributed by atoms with Crippen molar-refractivity contribution in [1.82, 2.24) is 0 Å². The summed E-state index contributed by atoms with van der Waals surface area (Å²) in [4.78, 5) is 14.2. The van der Waals surface area contributed by atoms with Gasteiger partial charge in [0.15, 0.2) is 0 Å². The molecule has 0 aromatic heterocycles. The molecule has 0 saturated heterocycles. The third-order valence-electron chi connectivity index (χ3n) is 2.27. The lowest BCUT2D eigenvalue weighted by atomic mass is 10.1. The normalized spacial score (nSPS) is 10.6. The molecule has 0 aliphatic heterocycles. The summed E-state index contributed by atoms with van der Waals surface area (Å²) in [5.74, 6) is -0.0267. The summed E-state index contributed by atoms with van der Waals surface area (Å²) in [5.41, 5.74) is 9.12. The van der Waals surface area contributed by atoms with Gasteiger partial charge in [0.2, 0.25) is 0 Å². The van der Waals surface area contributed by atoms with Crippen LogP contribution in [0.2, 0.25) is 5.02 Å². The molecule has 1 aromatic rings. The number of methoxy groups -OCH3 is 2. The van der Waals surface area contributed by atoms with Gasteiger partial charge in [0.05, 0.1) is 20.8 Å². The molecule has 6 nitrogen and oxygen atoms in total. The standard InChI is InChI=1S/C12H12ClN3O3/c1-18-11-4-3-10(13)6-8(11)5-9(7-15-16-14)12(17)19-2/h3-6H,7H2,1-2H3. The van der Waals surface area contributed by atoms with Crippen LogP contribution in [0.4, 0.5) is 0 Å². The van der Waals surface area contributed by atoms with E-state index >= 15 is 0 Å². The van der Waals surface area contributed by atoms with Crippen molar-refractivity contribution in [1.29, 1.82) is 0 Å². The highest BCUT2D eigenvalue weighted by Crippen LogP contribution is 2.25. The zero-order valence-corrected chi connectivity index (χ0v) is 11.2. The first-order valence-electron chi connectivity index (χ1n) is 5.25. The van der Waals surface area contributed by atoms with Gasteiger partial charge >= 0.3 is 5.97 Å². The van der Waals surface area contributed by atoms with Crippen LogP contribution in [0.3, 0.4) is 0 Å². The Bertz CT molecular complexity index is 551. The SMILES string of the molecule is COC(=O)C(=Cc1cc(Cl)ccc1OC)CN=[N+]=[N-]. The van der Waals surface area contributed by atoms with Crippen molar-refractivity contribution in [2.75, 3.05) is 20.8 Å². The lowest BCUT2D eigenvalue weighted by Gasteiger charge is -2.07. The van der Waals surface area contributed by atoms with Gasteiger partial charge < -0.3 is 9.47 Å². The van der Waals surface area contributed by atoms with E-state index in [1.54, 1.807) is 18.2 Å². The number of hydrogen-bond donors (Lipinski definition) is 0. The lowest BCUT2D eigenvalue weighted by Crippen LogP contribution is -2.07. The molecule has 1 aromatic carbocycles. The Morgan fingerprint density at radius 3 is 2.84 bits per heavy atom. The first-order valence-corrected chi connectivity index (χ1v) is 5.63. The number of azide groups is 1. The zero-order valence-electron chi connectivity index (χ0n) is 10.5. The zero-order chi connectivity index (χ0) is 14.3. The fraction of sp³-hybridized carbons (Fsp3) is 0.250. The van der Waals surface area contributed by atoms with Gasteiger partial charge in [0.25, 0.3) is 0 Å². The molecule has 0 atom stereocenters. The maximum atomic E-state index is 11.6. The predicted molar refractivity (Wildman–Crippen MR) is 72.0 cm³/mol. The second kappa shape index (κ2) is 7.31. The first kappa shape index (κ1) is 14.9. The Kier molecular flexibility index (Phi) is 5.73. The lowest BCUT2D eigenvalue weighted by molar-refractivity contribution is -0.136. The number of carbonyl (C=O) groups excluding carboxylic acids is 1. The largest absolute Gasteiger partial charge is 0.496 e. The van der Waals surface area contributed by atoms with E-state index in [0.29, 0.717) is 16.3 Å². The van der Waals surface area contributed by atoms with Crippen molar-refractivity contribution in [2.45, 2.75) is 0 Å². The summed E-state index contributed by atoms with van der Waals surface area (Å²) in [6.45, 7) is -0.112. The molecule has 0 N–H and O–H groups in total. The summed E-state index contributed by atoms with van der Waals surface area (Å²) in [5, 5.41) is 3.85. The highest BCUT2D eigenvalue weighted by atomic mass is 35.5. The Morgan fingerprint density at radius 2 is 2.26 bits per heavy atom. The minimum absolute atomic E-state index is 0.112.